The number of hydrogen-bond acceptors (Lipinski definition) is 4. The van der Waals surface area contributed by atoms with Gasteiger partial charge in [0.15, 0.2) is 0 Å². The molecular weight excluding hydrogens is 362 g/mol. The molecule has 7 heteroatoms. The van der Waals surface area contributed by atoms with Crippen molar-refractivity contribution >= 4 is 29.4 Å². The van der Waals surface area contributed by atoms with Crippen molar-refractivity contribution in [3.05, 3.63) is 65.4 Å². The molecule has 0 aliphatic carbocycles. The molecule has 3 rings (SSSR count). The van der Waals surface area contributed by atoms with Crippen molar-refractivity contribution in [3.8, 4) is 5.75 Å². The first-order valence-electron chi connectivity index (χ1n) is 8.39. The molecule has 0 bridgehead atoms. The topological polar surface area (TPSA) is 79.5 Å². The van der Waals surface area contributed by atoms with Crippen molar-refractivity contribution in [2.24, 2.45) is 0 Å². The normalized spacial score (nSPS) is 16.4. The Morgan fingerprint density at radius 3 is 2.37 bits per heavy atom. The number of nitrogens with one attached hydrogen (secondary N) is 3. The standard InChI is InChI=1S/C20H21N3O3S/c1-12-17(19(24)22-14-6-8-15(26-2)9-7-14)18(23-20(25)21-12)13-4-10-16(27-3)11-5-13/h4-11,18H,1-3H3,(H,22,24)(H2,21,23,25). The third kappa shape index (κ3) is 4.25. The molecule has 3 N–H and O–H groups in total. The molecule has 27 heavy (non-hydrogen) atoms. The summed E-state index contributed by atoms with van der Waals surface area (Å²) in [7, 11) is 1.59. The molecule has 1 aliphatic rings. The van der Waals surface area contributed by atoms with Gasteiger partial charge < -0.3 is 20.7 Å². The minimum Gasteiger partial charge on any atom is -0.497 e. The van der Waals surface area contributed by atoms with E-state index in [4.69, 9.17) is 4.74 Å². The maximum absolute atomic E-state index is 13.0. The van der Waals surface area contributed by atoms with E-state index in [1.54, 1.807) is 50.1 Å². The van der Waals surface area contributed by atoms with Gasteiger partial charge in [-0.05, 0) is 55.1 Å². The number of carbonyl (C=O) groups is 2. The van der Waals surface area contributed by atoms with Crippen LogP contribution in [0.15, 0.2) is 64.7 Å². The molecule has 0 fully saturated rings. The zero-order chi connectivity index (χ0) is 19.4. The Labute approximate surface area is 162 Å². The largest absolute Gasteiger partial charge is 0.497 e. The number of thioether (sulfide) groups is 1. The lowest BCUT2D eigenvalue weighted by Crippen LogP contribution is -2.45. The van der Waals surface area contributed by atoms with Crippen molar-refractivity contribution in [2.75, 3.05) is 18.7 Å². The first-order chi connectivity index (χ1) is 13.0. The van der Waals surface area contributed by atoms with E-state index in [0.717, 1.165) is 10.5 Å². The van der Waals surface area contributed by atoms with Crippen molar-refractivity contribution in [3.63, 3.8) is 0 Å². The van der Waals surface area contributed by atoms with E-state index in [0.29, 0.717) is 22.7 Å². The zero-order valence-corrected chi connectivity index (χ0v) is 16.1. The Balaban J connectivity index is 1.88. The summed E-state index contributed by atoms with van der Waals surface area (Å²) in [6, 6.07) is 14.0. The van der Waals surface area contributed by atoms with Crippen LogP contribution in [-0.4, -0.2) is 25.3 Å². The summed E-state index contributed by atoms with van der Waals surface area (Å²) < 4.78 is 5.13. The number of urea groups is 1. The fourth-order valence-corrected chi connectivity index (χ4v) is 3.32. The van der Waals surface area contributed by atoms with E-state index in [9.17, 15) is 9.59 Å². The van der Waals surface area contributed by atoms with Gasteiger partial charge >= 0.3 is 6.03 Å². The second kappa shape index (κ2) is 8.18. The van der Waals surface area contributed by atoms with Gasteiger partial charge in [-0.2, -0.15) is 0 Å². The van der Waals surface area contributed by atoms with Crippen LogP contribution in [0.25, 0.3) is 0 Å². The van der Waals surface area contributed by atoms with Crippen molar-refractivity contribution < 1.29 is 14.3 Å². The van der Waals surface area contributed by atoms with E-state index >= 15 is 0 Å². The minimum absolute atomic E-state index is 0.274. The summed E-state index contributed by atoms with van der Waals surface area (Å²) in [5.41, 5.74) is 2.50. The van der Waals surface area contributed by atoms with Crippen molar-refractivity contribution in [1.29, 1.82) is 0 Å². The zero-order valence-electron chi connectivity index (χ0n) is 15.3. The third-order valence-corrected chi connectivity index (χ3v) is 5.05. The van der Waals surface area contributed by atoms with Crippen LogP contribution < -0.4 is 20.7 Å². The van der Waals surface area contributed by atoms with Crippen LogP contribution in [0.5, 0.6) is 5.75 Å². The molecule has 3 amide bonds. The molecule has 2 aromatic carbocycles. The highest BCUT2D eigenvalue weighted by Crippen LogP contribution is 2.29. The van der Waals surface area contributed by atoms with Crippen LogP contribution >= 0.6 is 11.8 Å². The molecule has 1 aliphatic heterocycles. The molecule has 0 saturated heterocycles. The first kappa shape index (κ1) is 18.8. The molecular formula is C20H21N3O3S. The van der Waals surface area contributed by atoms with Gasteiger partial charge in [-0.3, -0.25) is 4.79 Å². The smallest absolute Gasteiger partial charge is 0.319 e. The molecule has 6 nitrogen and oxygen atoms in total. The third-order valence-electron chi connectivity index (χ3n) is 4.31. The van der Waals surface area contributed by atoms with Crippen LogP contribution in [0.1, 0.15) is 18.5 Å². The predicted molar refractivity (Wildman–Crippen MR) is 107 cm³/mol. The van der Waals surface area contributed by atoms with Gasteiger partial charge in [0.1, 0.15) is 5.75 Å². The van der Waals surface area contributed by atoms with E-state index < -0.39 is 6.04 Å². The Morgan fingerprint density at radius 1 is 1.11 bits per heavy atom. The molecule has 2 aromatic rings. The number of benzene rings is 2. The van der Waals surface area contributed by atoms with E-state index in [2.05, 4.69) is 16.0 Å². The molecule has 0 saturated carbocycles. The van der Waals surface area contributed by atoms with E-state index in [1.165, 1.54) is 0 Å². The Bertz CT molecular complexity index is 876. The van der Waals surface area contributed by atoms with Gasteiger partial charge in [0.05, 0.1) is 18.7 Å². The number of amides is 3. The summed E-state index contributed by atoms with van der Waals surface area (Å²) in [6.45, 7) is 1.73. The predicted octanol–water partition coefficient (Wildman–Crippen LogP) is 3.68. The van der Waals surface area contributed by atoms with Crippen LogP contribution in [0, 0.1) is 0 Å². The Morgan fingerprint density at radius 2 is 1.78 bits per heavy atom. The van der Waals surface area contributed by atoms with E-state index in [-0.39, 0.29) is 11.9 Å². The van der Waals surface area contributed by atoms with Crippen molar-refractivity contribution in [1.82, 2.24) is 10.6 Å². The van der Waals surface area contributed by atoms with Gasteiger partial charge in [-0.25, -0.2) is 4.79 Å². The average Bonchev–Trinajstić information content (AvgIpc) is 2.68. The fourth-order valence-electron chi connectivity index (χ4n) is 2.91. The van der Waals surface area contributed by atoms with Crippen LogP contribution in [0.2, 0.25) is 0 Å². The molecule has 1 heterocycles. The summed E-state index contributed by atoms with van der Waals surface area (Å²) >= 11 is 1.64. The number of hydrogen-bond donors (Lipinski definition) is 3. The van der Waals surface area contributed by atoms with Crippen molar-refractivity contribution in [2.45, 2.75) is 17.9 Å². The lowest BCUT2D eigenvalue weighted by molar-refractivity contribution is -0.113. The minimum atomic E-state index is -0.520. The van der Waals surface area contributed by atoms with Crippen LogP contribution in [-0.2, 0) is 4.79 Å². The second-order valence-corrected chi connectivity index (χ2v) is 6.91. The molecule has 1 atom stereocenters. The average molecular weight is 383 g/mol. The number of anilines is 1. The highest BCUT2D eigenvalue weighted by atomic mass is 32.2. The quantitative estimate of drug-likeness (QED) is 0.688. The highest BCUT2D eigenvalue weighted by molar-refractivity contribution is 7.98. The van der Waals surface area contributed by atoms with Gasteiger partial charge in [0, 0.05) is 16.3 Å². The fraction of sp³-hybridized carbons (Fsp3) is 0.200. The number of carbonyl (C=O) groups excluding carboxylic acids is 2. The maximum Gasteiger partial charge on any atom is 0.319 e. The summed E-state index contributed by atoms with van der Waals surface area (Å²) in [5, 5.41) is 8.40. The van der Waals surface area contributed by atoms with Gasteiger partial charge in [0.25, 0.3) is 5.91 Å². The lowest BCUT2D eigenvalue weighted by atomic mass is 9.95. The number of rotatable bonds is 5. The van der Waals surface area contributed by atoms with Gasteiger partial charge in [-0.15, -0.1) is 11.8 Å². The summed E-state index contributed by atoms with van der Waals surface area (Å²) in [4.78, 5) is 26.0. The van der Waals surface area contributed by atoms with Gasteiger partial charge in [-0.1, -0.05) is 12.1 Å². The van der Waals surface area contributed by atoms with Crippen LogP contribution in [0.3, 0.4) is 0 Å². The highest BCUT2D eigenvalue weighted by Gasteiger charge is 2.31. The second-order valence-electron chi connectivity index (χ2n) is 6.03. The van der Waals surface area contributed by atoms with Crippen LogP contribution in [0.4, 0.5) is 10.5 Å². The summed E-state index contributed by atoms with van der Waals surface area (Å²) in [6.07, 6.45) is 2.00. The molecule has 0 radical (unpaired) electrons. The number of methoxy groups -OCH3 is 1. The first-order valence-corrected chi connectivity index (χ1v) is 9.62. The molecule has 1 unspecified atom stereocenters. The number of allylic oxidation sites excluding steroid dienone is 1. The Kier molecular flexibility index (Phi) is 5.71. The molecule has 0 aromatic heterocycles. The maximum atomic E-state index is 13.0. The SMILES string of the molecule is COc1ccc(NC(=O)C2=C(C)NC(=O)NC2c2ccc(SC)cc2)cc1. The monoisotopic (exact) mass is 383 g/mol. The molecule has 0 spiro atoms. The Hall–Kier alpha value is -2.93. The molecule has 140 valence electrons. The van der Waals surface area contributed by atoms with E-state index in [1.807, 2.05) is 30.5 Å². The van der Waals surface area contributed by atoms with Gasteiger partial charge in [0.2, 0.25) is 0 Å². The number of ether oxygens (including phenoxy) is 1. The lowest BCUT2D eigenvalue weighted by Gasteiger charge is -2.28. The summed E-state index contributed by atoms with van der Waals surface area (Å²) in [5.74, 6) is 0.436.